The molecule has 2 heterocycles. The number of guanidine groups is 1. The molecule has 0 spiro atoms. The van der Waals surface area contributed by atoms with Crippen LogP contribution < -0.4 is 5.73 Å². The van der Waals surface area contributed by atoms with E-state index in [1.165, 1.54) is 25.7 Å². The van der Waals surface area contributed by atoms with Crippen molar-refractivity contribution in [2.24, 2.45) is 10.7 Å². The van der Waals surface area contributed by atoms with Crippen LogP contribution in [0.2, 0.25) is 0 Å². The molecule has 118 valence electrons. The first-order valence-electron chi connectivity index (χ1n) is 7.71. The molecule has 0 radical (unpaired) electrons. The summed E-state index contributed by atoms with van der Waals surface area (Å²) in [6, 6.07) is 0. The maximum Gasteiger partial charge on any atom is 0.191 e. The molecule has 2 rings (SSSR count). The Hall–Kier alpha value is -0.0800. The SMILES string of the molecule is I.NC(=NCCCN1CCOCC1)N1CCCCCC1. The zero-order chi connectivity index (χ0) is 13.3. The van der Waals surface area contributed by atoms with Gasteiger partial charge in [0.2, 0.25) is 0 Å². The molecular formula is C14H29IN4O. The largest absolute Gasteiger partial charge is 0.379 e. The van der Waals surface area contributed by atoms with E-state index in [9.17, 15) is 0 Å². The highest BCUT2D eigenvalue weighted by molar-refractivity contribution is 14.0. The summed E-state index contributed by atoms with van der Waals surface area (Å²) >= 11 is 0. The van der Waals surface area contributed by atoms with E-state index < -0.39 is 0 Å². The van der Waals surface area contributed by atoms with Gasteiger partial charge >= 0.3 is 0 Å². The quantitative estimate of drug-likeness (QED) is 0.339. The second-order valence-corrected chi connectivity index (χ2v) is 5.45. The van der Waals surface area contributed by atoms with E-state index >= 15 is 0 Å². The maximum atomic E-state index is 6.08. The molecule has 2 aliphatic heterocycles. The van der Waals surface area contributed by atoms with Crippen LogP contribution in [0.1, 0.15) is 32.1 Å². The van der Waals surface area contributed by atoms with Gasteiger partial charge in [-0.3, -0.25) is 9.89 Å². The predicted molar refractivity (Wildman–Crippen MR) is 93.8 cm³/mol. The summed E-state index contributed by atoms with van der Waals surface area (Å²) in [5.74, 6) is 0.754. The Kier molecular flexibility index (Phi) is 9.54. The van der Waals surface area contributed by atoms with Crippen molar-refractivity contribution >= 4 is 29.9 Å². The first-order chi connectivity index (χ1) is 9.36. The van der Waals surface area contributed by atoms with Gasteiger partial charge in [0.25, 0.3) is 0 Å². The second kappa shape index (κ2) is 10.6. The van der Waals surface area contributed by atoms with Crippen LogP contribution in [0.4, 0.5) is 0 Å². The highest BCUT2D eigenvalue weighted by Crippen LogP contribution is 2.09. The summed E-state index contributed by atoms with van der Waals surface area (Å²) in [7, 11) is 0. The van der Waals surface area contributed by atoms with Crippen LogP contribution in [-0.2, 0) is 4.74 Å². The van der Waals surface area contributed by atoms with Crippen LogP contribution in [0.25, 0.3) is 0 Å². The Morgan fingerprint density at radius 2 is 1.65 bits per heavy atom. The molecule has 2 N–H and O–H groups in total. The summed E-state index contributed by atoms with van der Waals surface area (Å²) in [6.07, 6.45) is 6.27. The van der Waals surface area contributed by atoms with Crippen molar-refractivity contribution in [1.82, 2.24) is 9.80 Å². The van der Waals surface area contributed by atoms with Crippen LogP contribution in [0.5, 0.6) is 0 Å². The molecule has 2 fully saturated rings. The fourth-order valence-corrected chi connectivity index (χ4v) is 2.71. The average molecular weight is 396 g/mol. The summed E-state index contributed by atoms with van der Waals surface area (Å²) < 4.78 is 5.34. The number of rotatable bonds is 4. The Morgan fingerprint density at radius 3 is 2.30 bits per heavy atom. The highest BCUT2D eigenvalue weighted by Gasteiger charge is 2.11. The Bertz CT molecular complexity index is 274. The minimum absolute atomic E-state index is 0. The predicted octanol–water partition coefficient (Wildman–Crippen LogP) is 1.52. The number of halogens is 1. The highest BCUT2D eigenvalue weighted by atomic mass is 127. The number of hydrogen-bond acceptors (Lipinski definition) is 3. The normalized spacial score (nSPS) is 22.2. The number of hydrogen-bond donors (Lipinski definition) is 1. The number of aliphatic imine (C=N–C) groups is 1. The molecular weight excluding hydrogens is 367 g/mol. The lowest BCUT2D eigenvalue weighted by Crippen LogP contribution is -2.38. The van der Waals surface area contributed by atoms with Gasteiger partial charge in [-0.25, -0.2) is 0 Å². The summed E-state index contributed by atoms with van der Waals surface area (Å²) in [5.41, 5.74) is 6.08. The first kappa shape index (κ1) is 18.0. The molecule has 0 aromatic rings. The van der Waals surface area contributed by atoms with Crippen LogP contribution in [0.3, 0.4) is 0 Å². The number of ether oxygens (including phenoxy) is 1. The summed E-state index contributed by atoms with van der Waals surface area (Å²) in [6.45, 7) is 7.99. The van der Waals surface area contributed by atoms with Gasteiger partial charge < -0.3 is 15.4 Å². The Morgan fingerprint density at radius 1 is 1.00 bits per heavy atom. The van der Waals surface area contributed by atoms with Crippen molar-refractivity contribution in [2.45, 2.75) is 32.1 Å². The van der Waals surface area contributed by atoms with E-state index in [-0.39, 0.29) is 24.0 Å². The van der Waals surface area contributed by atoms with Crippen molar-refractivity contribution in [3.05, 3.63) is 0 Å². The van der Waals surface area contributed by atoms with Gasteiger partial charge in [0.15, 0.2) is 5.96 Å². The monoisotopic (exact) mass is 396 g/mol. The smallest absolute Gasteiger partial charge is 0.191 e. The molecule has 6 heteroatoms. The third kappa shape index (κ3) is 6.58. The van der Waals surface area contributed by atoms with Crippen LogP contribution in [0.15, 0.2) is 4.99 Å². The van der Waals surface area contributed by atoms with Gasteiger partial charge in [-0.15, -0.1) is 24.0 Å². The molecule has 0 aromatic carbocycles. The molecule has 0 unspecified atom stereocenters. The molecule has 5 nitrogen and oxygen atoms in total. The number of morpholine rings is 1. The minimum atomic E-state index is 0. The lowest BCUT2D eigenvalue weighted by molar-refractivity contribution is 0.0377. The average Bonchev–Trinajstić information content (AvgIpc) is 2.73. The van der Waals surface area contributed by atoms with E-state index in [1.807, 2.05) is 0 Å². The molecule has 0 bridgehead atoms. The Labute approximate surface area is 139 Å². The van der Waals surface area contributed by atoms with Crippen molar-refractivity contribution in [1.29, 1.82) is 0 Å². The number of likely N-dealkylation sites (tertiary alicyclic amines) is 1. The summed E-state index contributed by atoms with van der Waals surface area (Å²) in [4.78, 5) is 9.23. The van der Waals surface area contributed by atoms with Gasteiger partial charge in [0.05, 0.1) is 13.2 Å². The molecule has 0 aliphatic carbocycles. The van der Waals surface area contributed by atoms with Crippen molar-refractivity contribution in [3.8, 4) is 0 Å². The summed E-state index contributed by atoms with van der Waals surface area (Å²) in [5, 5.41) is 0. The molecule has 2 aliphatic rings. The zero-order valence-corrected chi connectivity index (χ0v) is 14.8. The van der Waals surface area contributed by atoms with Crippen molar-refractivity contribution in [3.63, 3.8) is 0 Å². The van der Waals surface area contributed by atoms with E-state index in [4.69, 9.17) is 10.5 Å². The molecule has 20 heavy (non-hydrogen) atoms. The number of nitrogens with zero attached hydrogens (tertiary/aromatic N) is 3. The van der Waals surface area contributed by atoms with Gasteiger partial charge in [0.1, 0.15) is 0 Å². The van der Waals surface area contributed by atoms with Crippen molar-refractivity contribution in [2.75, 3.05) is 52.5 Å². The molecule has 2 saturated heterocycles. The minimum Gasteiger partial charge on any atom is -0.379 e. The van der Waals surface area contributed by atoms with Crippen molar-refractivity contribution < 1.29 is 4.74 Å². The van der Waals surface area contributed by atoms with Crippen LogP contribution in [-0.4, -0.2) is 68.2 Å². The van der Waals surface area contributed by atoms with E-state index in [0.29, 0.717) is 0 Å². The van der Waals surface area contributed by atoms with Gasteiger partial charge in [-0.1, -0.05) is 12.8 Å². The maximum absolute atomic E-state index is 6.08. The molecule has 0 amide bonds. The standard InChI is InChI=1S/C14H28N4O.HI/c15-14(18-8-3-1-2-4-9-18)16-6-5-7-17-10-12-19-13-11-17;/h1-13H2,(H2,15,16);1H. The van der Waals surface area contributed by atoms with E-state index in [2.05, 4.69) is 14.8 Å². The fraction of sp³-hybridized carbons (Fsp3) is 0.929. The van der Waals surface area contributed by atoms with Crippen LogP contribution >= 0.6 is 24.0 Å². The van der Waals surface area contributed by atoms with E-state index in [1.54, 1.807) is 0 Å². The lowest BCUT2D eigenvalue weighted by Gasteiger charge is -2.26. The van der Waals surface area contributed by atoms with E-state index in [0.717, 1.165) is 64.9 Å². The molecule has 0 aromatic heterocycles. The van der Waals surface area contributed by atoms with Gasteiger partial charge in [-0.2, -0.15) is 0 Å². The van der Waals surface area contributed by atoms with Gasteiger partial charge in [-0.05, 0) is 19.3 Å². The third-order valence-corrected chi connectivity index (χ3v) is 3.94. The topological polar surface area (TPSA) is 54.1 Å². The van der Waals surface area contributed by atoms with Crippen LogP contribution in [0, 0.1) is 0 Å². The first-order valence-corrected chi connectivity index (χ1v) is 7.71. The molecule has 0 saturated carbocycles. The number of nitrogens with two attached hydrogens (primary N) is 1. The Balaban J connectivity index is 0.00000200. The zero-order valence-electron chi connectivity index (χ0n) is 12.4. The second-order valence-electron chi connectivity index (χ2n) is 5.45. The fourth-order valence-electron chi connectivity index (χ4n) is 2.71. The third-order valence-electron chi connectivity index (χ3n) is 3.94. The molecule has 0 atom stereocenters. The lowest BCUT2D eigenvalue weighted by atomic mass is 10.2. The van der Waals surface area contributed by atoms with Gasteiger partial charge in [0, 0.05) is 39.3 Å².